The minimum atomic E-state index is -1.01. The number of carbonyl (C=O) groups excluding carboxylic acids is 3. The third-order valence-electron chi connectivity index (χ3n) is 5.47. The molecule has 0 unspecified atom stereocenters. The van der Waals surface area contributed by atoms with Crippen LogP contribution in [0.3, 0.4) is 0 Å². The van der Waals surface area contributed by atoms with Crippen molar-refractivity contribution >= 4 is 56.8 Å². The SMILES string of the molecule is CNC(=O)c1nc(NC(=O)c2nsc3cc(F)ccc23)c2n1CC(=O)N[C@@H]2c1cc(F)ccc1Cl. The first-order chi connectivity index (χ1) is 16.8. The summed E-state index contributed by atoms with van der Waals surface area (Å²) in [5, 5.41) is 8.41. The Kier molecular flexibility index (Phi) is 5.69. The van der Waals surface area contributed by atoms with Gasteiger partial charge in [0, 0.05) is 23.0 Å². The molecule has 5 rings (SSSR count). The van der Waals surface area contributed by atoms with Crippen LogP contribution in [0.4, 0.5) is 14.6 Å². The number of benzene rings is 2. The van der Waals surface area contributed by atoms with Crippen LogP contribution in [-0.4, -0.2) is 38.7 Å². The minimum absolute atomic E-state index is 0.0356. The summed E-state index contributed by atoms with van der Waals surface area (Å²) in [6.45, 7) is -0.261. The lowest BCUT2D eigenvalue weighted by Crippen LogP contribution is -2.41. The Morgan fingerprint density at radius 3 is 2.69 bits per heavy atom. The third-order valence-corrected chi connectivity index (χ3v) is 6.62. The van der Waals surface area contributed by atoms with E-state index in [0.717, 1.165) is 17.6 Å². The fourth-order valence-corrected chi connectivity index (χ4v) is 4.94. The van der Waals surface area contributed by atoms with Gasteiger partial charge in [-0.2, -0.15) is 4.37 Å². The summed E-state index contributed by atoms with van der Waals surface area (Å²) in [5.41, 5.74) is 0.484. The van der Waals surface area contributed by atoms with Gasteiger partial charge in [0.2, 0.25) is 11.7 Å². The number of fused-ring (bicyclic) bond motifs is 2. The highest BCUT2D eigenvalue weighted by molar-refractivity contribution is 7.13. The Balaban J connectivity index is 1.63. The van der Waals surface area contributed by atoms with Crippen LogP contribution < -0.4 is 16.0 Å². The van der Waals surface area contributed by atoms with Crippen molar-refractivity contribution in [2.24, 2.45) is 0 Å². The van der Waals surface area contributed by atoms with Gasteiger partial charge in [-0.25, -0.2) is 13.8 Å². The number of carbonyl (C=O) groups is 3. The first-order valence-electron chi connectivity index (χ1n) is 10.2. The van der Waals surface area contributed by atoms with Gasteiger partial charge in [-0.3, -0.25) is 14.4 Å². The zero-order valence-electron chi connectivity index (χ0n) is 17.9. The molecule has 13 heteroatoms. The molecule has 1 aliphatic heterocycles. The van der Waals surface area contributed by atoms with Crippen LogP contribution in [0.15, 0.2) is 36.4 Å². The van der Waals surface area contributed by atoms with Gasteiger partial charge < -0.3 is 20.5 Å². The summed E-state index contributed by atoms with van der Waals surface area (Å²) in [5.74, 6) is -2.94. The number of rotatable bonds is 4. The van der Waals surface area contributed by atoms with Gasteiger partial charge in [0.05, 0.1) is 16.4 Å². The molecule has 4 aromatic rings. The predicted octanol–water partition coefficient (Wildman–Crippen LogP) is 3.26. The maximum absolute atomic E-state index is 14.1. The maximum Gasteiger partial charge on any atom is 0.287 e. The fraction of sp³-hybridized carbons (Fsp3) is 0.136. The Labute approximate surface area is 205 Å². The Morgan fingerprint density at radius 1 is 1.17 bits per heavy atom. The molecule has 0 saturated carbocycles. The van der Waals surface area contributed by atoms with Gasteiger partial charge in [0.25, 0.3) is 11.8 Å². The number of amides is 3. The number of halogens is 3. The van der Waals surface area contributed by atoms with Crippen molar-refractivity contribution in [3.8, 4) is 0 Å². The van der Waals surface area contributed by atoms with Crippen molar-refractivity contribution in [3.63, 3.8) is 0 Å². The lowest BCUT2D eigenvalue weighted by molar-refractivity contribution is -0.123. The van der Waals surface area contributed by atoms with E-state index in [9.17, 15) is 23.2 Å². The minimum Gasteiger partial charge on any atom is -0.352 e. The monoisotopic (exact) mass is 516 g/mol. The van der Waals surface area contributed by atoms with Gasteiger partial charge in [0.1, 0.15) is 23.9 Å². The molecular formula is C22H15ClF2N6O3S. The van der Waals surface area contributed by atoms with Crippen molar-refractivity contribution in [2.75, 3.05) is 12.4 Å². The zero-order chi connectivity index (χ0) is 24.9. The third kappa shape index (κ3) is 4.00. The number of anilines is 1. The molecule has 1 aliphatic rings. The van der Waals surface area contributed by atoms with Gasteiger partial charge in [0.15, 0.2) is 5.82 Å². The van der Waals surface area contributed by atoms with E-state index in [4.69, 9.17) is 11.6 Å². The second kappa shape index (κ2) is 8.71. The maximum atomic E-state index is 14.1. The molecule has 0 radical (unpaired) electrons. The molecule has 1 atom stereocenters. The number of nitrogens with zero attached hydrogens (tertiary/aromatic N) is 3. The smallest absolute Gasteiger partial charge is 0.287 e. The van der Waals surface area contributed by atoms with Crippen LogP contribution in [-0.2, 0) is 11.3 Å². The molecular weight excluding hydrogens is 502 g/mol. The van der Waals surface area contributed by atoms with Crippen molar-refractivity contribution < 1.29 is 23.2 Å². The summed E-state index contributed by atoms with van der Waals surface area (Å²) >= 11 is 7.26. The normalized spacial score (nSPS) is 15.0. The van der Waals surface area contributed by atoms with E-state index >= 15 is 0 Å². The van der Waals surface area contributed by atoms with Crippen LogP contribution in [0.5, 0.6) is 0 Å². The first-order valence-corrected chi connectivity index (χ1v) is 11.3. The topological polar surface area (TPSA) is 118 Å². The summed E-state index contributed by atoms with van der Waals surface area (Å²) in [4.78, 5) is 42.5. The van der Waals surface area contributed by atoms with Gasteiger partial charge in [-0.1, -0.05) is 11.6 Å². The molecule has 3 amide bonds. The molecule has 2 aromatic heterocycles. The molecule has 3 N–H and O–H groups in total. The van der Waals surface area contributed by atoms with E-state index < -0.39 is 35.4 Å². The van der Waals surface area contributed by atoms with Crippen LogP contribution in [0.25, 0.3) is 10.1 Å². The van der Waals surface area contributed by atoms with Crippen LogP contribution in [0.2, 0.25) is 5.02 Å². The number of hydrogen-bond acceptors (Lipinski definition) is 6. The quantitative estimate of drug-likeness (QED) is 0.385. The summed E-state index contributed by atoms with van der Waals surface area (Å²) in [6, 6.07) is 6.58. The lowest BCUT2D eigenvalue weighted by Gasteiger charge is -2.28. The summed E-state index contributed by atoms with van der Waals surface area (Å²) in [7, 11) is 1.40. The molecule has 35 heavy (non-hydrogen) atoms. The molecule has 178 valence electrons. The molecule has 0 spiro atoms. The van der Waals surface area contributed by atoms with Crippen LogP contribution >= 0.6 is 23.1 Å². The molecule has 0 aliphatic carbocycles. The van der Waals surface area contributed by atoms with E-state index in [-0.39, 0.29) is 40.2 Å². The average Bonchev–Trinajstić information content (AvgIpc) is 3.40. The van der Waals surface area contributed by atoms with Crippen molar-refractivity contribution in [1.29, 1.82) is 0 Å². The van der Waals surface area contributed by atoms with E-state index in [0.29, 0.717) is 10.1 Å². The van der Waals surface area contributed by atoms with Crippen LogP contribution in [0.1, 0.15) is 38.4 Å². The molecule has 2 aromatic carbocycles. The van der Waals surface area contributed by atoms with E-state index in [1.807, 2.05) is 0 Å². The Hall–Kier alpha value is -3.90. The molecule has 9 nitrogen and oxygen atoms in total. The number of nitrogens with one attached hydrogen (secondary N) is 3. The van der Waals surface area contributed by atoms with Gasteiger partial charge in [-0.05, 0) is 47.9 Å². The Bertz CT molecular complexity index is 1540. The zero-order valence-corrected chi connectivity index (χ0v) is 19.4. The number of hydrogen-bond donors (Lipinski definition) is 3. The van der Waals surface area contributed by atoms with Gasteiger partial charge >= 0.3 is 0 Å². The summed E-state index contributed by atoms with van der Waals surface area (Å²) in [6.07, 6.45) is 0. The van der Waals surface area contributed by atoms with E-state index in [1.54, 1.807) is 0 Å². The molecule has 0 bridgehead atoms. The van der Waals surface area contributed by atoms with E-state index in [2.05, 4.69) is 25.3 Å². The fourth-order valence-electron chi connectivity index (χ4n) is 3.92. The highest BCUT2D eigenvalue weighted by Crippen LogP contribution is 2.36. The molecule has 0 saturated heterocycles. The van der Waals surface area contributed by atoms with Crippen LogP contribution in [0, 0.1) is 11.6 Å². The summed E-state index contributed by atoms with van der Waals surface area (Å²) < 4.78 is 33.6. The standard InChI is InChI=1S/C22H15ClF2N6O3S/c1-26-22(34)20-28-19(29-21(33)17-11-4-2-10(25)7-14(11)35-30-17)18-16(27-15(32)8-31(18)20)12-6-9(24)3-5-13(12)23/h2-7,16H,8H2,1H3,(H,26,34)(H,27,32)(H,29,33)/t16-/m1/s1. The van der Waals surface area contributed by atoms with Crippen molar-refractivity contribution in [3.05, 3.63) is 75.8 Å². The molecule has 3 heterocycles. The lowest BCUT2D eigenvalue weighted by atomic mass is 10.0. The highest BCUT2D eigenvalue weighted by atomic mass is 35.5. The van der Waals surface area contributed by atoms with Crippen molar-refractivity contribution in [2.45, 2.75) is 12.6 Å². The number of aromatic nitrogens is 3. The largest absolute Gasteiger partial charge is 0.352 e. The second-order valence-corrected chi connectivity index (χ2v) is 8.84. The van der Waals surface area contributed by atoms with E-state index in [1.165, 1.54) is 41.9 Å². The molecule has 0 fully saturated rings. The average molecular weight is 517 g/mol. The second-order valence-electron chi connectivity index (χ2n) is 7.63. The Morgan fingerprint density at radius 2 is 1.91 bits per heavy atom. The number of imidazole rings is 1. The highest BCUT2D eigenvalue weighted by Gasteiger charge is 2.36. The predicted molar refractivity (Wildman–Crippen MR) is 125 cm³/mol. The van der Waals surface area contributed by atoms with Crippen molar-refractivity contribution in [1.82, 2.24) is 24.6 Å². The first kappa shape index (κ1) is 22.9. The van der Waals surface area contributed by atoms with Gasteiger partial charge in [-0.15, -0.1) is 0 Å².